The molecule has 0 aliphatic carbocycles. The lowest BCUT2D eigenvalue weighted by molar-refractivity contribution is 0.0962. The van der Waals surface area contributed by atoms with Crippen LogP contribution in [0.2, 0.25) is 0 Å². The molecule has 2 rings (SSSR count). The van der Waals surface area contributed by atoms with Crippen molar-refractivity contribution in [2.45, 2.75) is 6.42 Å². The average molecular weight is 290 g/mol. The van der Waals surface area contributed by atoms with Crippen LogP contribution in [0.1, 0.15) is 15.9 Å². The number of amides is 1. The van der Waals surface area contributed by atoms with E-state index in [1.165, 1.54) is 31.3 Å². The molecule has 0 fully saturated rings. The molecule has 0 atom stereocenters. The van der Waals surface area contributed by atoms with E-state index in [1.807, 2.05) is 0 Å². The Morgan fingerprint density at radius 1 is 1.05 bits per heavy atom. The van der Waals surface area contributed by atoms with Gasteiger partial charge in [-0.05, 0) is 42.3 Å². The monoisotopic (exact) mass is 290 g/mol. The van der Waals surface area contributed by atoms with Crippen molar-refractivity contribution in [3.63, 3.8) is 0 Å². The predicted octanol–water partition coefficient (Wildman–Crippen LogP) is 2.98. The van der Waals surface area contributed by atoms with Gasteiger partial charge >= 0.3 is 0 Å². The lowest BCUT2D eigenvalue weighted by Crippen LogP contribution is -2.18. The molecule has 0 saturated carbocycles. The maximum absolute atomic E-state index is 13.5. The SMILES string of the molecule is CNC(=O)c1cc(F)cc(NCCc2ccc(F)cc2)c1. The molecule has 2 aromatic carbocycles. The predicted molar refractivity (Wildman–Crippen MR) is 78.4 cm³/mol. The van der Waals surface area contributed by atoms with E-state index in [0.717, 1.165) is 5.56 Å². The summed E-state index contributed by atoms with van der Waals surface area (Å²) in [6.07, 6.45) is 0.673. The van der Waals surface area contributed by atoms with E-state index in [1.54, 1.807) is 18.2 Å². The normalized spacial score (nSPS) is 10.2. The van der Waals surface area contributed by atoms with E-state index >= 15 is 0 Å². The smallest absolute Gasteiger partial charge is 0.251 e. The molecule has 0 radical (unpaired) electrons. The van der Waals surface area contributed by atoms with Crippen molar-refractivity contribution in [1.29, 1.82) is 0 Å². The molecule has 2 N–H and O–H groups in total. The standard InChI is InChI=1S/C16H16F2N2O/c1-19-16(21)12-8-14(18)10-15(9-12)20-7-6-11-2-4-13(17)5-3-11/h2-5,8-10,20H,6-7H2,1H3,(H,19,21). The van der Waals surface area contributed by atoms with Crippen LogP contribution < -0.4 is 10.6 Å². The maximum atomic E-state index is 13.5. The van der Waals surface area contributed by atoms with Crippen LogP contribution in [0.4, 0.5) is 14.5 Å². The second kappa shape index (κ2) is 6.83. The lowest BCUT2D eigenvalue weighted by Gasteiger charge is -2.09. The molecule has 0 heterocycles. The molecular weight excluding hydrogens is 274 g/mol. The molecule has 0 spiro atoms. The molecule has 5 heteroatoms. The fraction of sp³-hybridized carbons (Fsp3) is 0.188. The minimum Gasteiger partial charge on any atom is -0.385 e. The van der Waals surface area contributed by atoms with Crippen molar-refractivity contribution in [3.8, 4) is 0 Å². The van der Waals surface area contributed by atoms with E-state index in [4.69, 9.17) is 0 Å². The van der Waals surface area contributed by atoms with Crippen molar-refractivity contribution < 1.29 is 13.6 Å². The number of anilines is 1. The first-order valence-electron chi connectivity index (χ1n) is 6.59. The van der Waals surface area contributed by atoms with Gasteiger partial charge in [-0.1, -0.05) is 12.1 Å². The Balaban J connectivity index is 1.98. The second-order valence-corrected chi connectivity index (χ2v) is 4.61. The second-order valence-electron chi connectivity index (χ2n) is 4.61. The van der Waals surface area contributed by atoms with Gasteiger partial charge in [-0.15, -0.1) is 0 Å². The Hall–Kier alpha value is -2.43. The lowest BCUT2D eigenvalue weighted by atomic mass is 10.1. The van der Waals surface area contributed by atoms with E-state index in [-0.39, 0.29) is 17.3 Å². The number of carbonyl (C=O) groups excluding carboxylic acids is 1. The van der Waals surface area contributed by atoms with Gasteiger partial charge in [-0.25, -0.2) is 8.78 Å². The number of rotatable bonds is 5. The van der Waals surface area contributed by atoms with Gasteiger partial charge < -0.3 is 10.6 Å². The van der Waals surface area contributed by atoms with Crippen LogP contribution >= 0.6 is 0 Å². The summed E-state index contributed by atoms with van der Waals surface area (Å²) in [4.78, 5) is 11.5. The first kappa shape index (κ1) is 15.0. The number of halogens is 2. The van der Waals surface area contributed by atoms with Crippen molar-refractivity contribution in [3.05, 3.63) is 65.2 Å². The van der Waals surface area contributed by atoms with Crippen LogP contribution in [0.15, 0.2) is 42.5 Å². The average Bonchev–Trinajstić information content (AvgIpc) is 2.48. The largest absolute Gasteiger partial charge is 0.385 e. The van der Waals surface area contributed by atoms with Crippen LogP contribution in [-0.4, -0.2) is 19.5 Å². The summed E-state index contributed by atoms with van der Waals surface area (Å²) >= 11 is 0. The number of nitrogens with one attached hydrogen (secondary N) is 2. The van der Waals surface area contributed by atoms with Crippen LogP contribution in [0.5, 0.6) is 0 Å². The molecule has 110 valence electrons. The van der Waals surface area contributed by atoms with E-state index in [2.05, 4.69) is 10.6 Å². The highest BCUT2D eigenvalue weighted by Gasteiger charge is 2.07. The van der Waals surface area contributed by atoms with Crippen LogP contribution in [0.3, 0.4) is 0 Å². The third kappa shape index (κ3) is 4.27. The van der Waals surface area contributed by atoms with Gasteiger partial charge in [0.2, 0.25) is 0 Å². The zero-order valence-corrected chi connectivity index (χ0v) is 11.6. The minimum absolute atomic E-state index is 0.266. The molecule has 0 aliphatic heterocycles. The topological polar surface area (TPSA) is 41.1 Å². The molecule has 2 aromatic rings. The Bertz CT molecular complexity index is 627. The fourth-order valence-electron chi connectivity index (χ4n) is 1.97. The highest BCUT2D eigenvalue weighted by atomic mass is 19.1. The summed E-state index contributed by atoms with van der Waals surface area (Å²) < 4.78 is 26.2. The first-order chi connectivity index (χ1) is 10.1. The third-order valence-corrected chi connectivity index (χ3v) is 3.04. The molecule has 0 unspecified atom stereocenters. The van der Waals surface area contributed by atoms with Gasteiger partial charge in [-0.2, -0.15) is 0 Å². The van der Waals surface area contributed by atoms with Crippen molar-refractivity contribution in [2.24, 2.45) is 0 Å². The molecule has 21 heavy (non-hydrogen) atoms. The van der Waals surface area contributed by atoms with Crippen molar-refractivity contribution in [1.82, 2.24) is 5.32 Å². The molecule has 0 saturated heterocycles. The van der Waals surface area contributed by atoms with E-state index < -0.39 is 5.82 Å². The van der Waals surface area contributed by atoms with Crippen LogP contribution in [0.25, 0.3) is 0 Å². The molecular formula is C16H16F2N2O. The molecule has 3 nitrogen and oxygen atoms in total. The number of carbonyl (C=O) groups is 1. The summed E-state index contributed by atoms with van der Waals surface area (Å²) in [6.45, 7) is 0.558. The molecule has 1 amide bonds. The van der Waals surface area contributed by atoms with Gasteiger partial charge in [0.25, 0.3) is 5.91 Å². The molecule has 0 aromatic heterocycles. The van der Waals surface area contributed by atoms with Crippen LogP contribution in [-0.2, 0) is 6.42 Å². The highest BCUT2D eigenvalue weighted by molar-refractivity contribution is 5.94. The van der Waals surface area contributed by atoms with Crippen molar-refractivity contribution in [2.75, 3.05) is 18.9 Å². The summed E-state index contributed by atoms with van der Waals surface area (Å²) in [5.41, 5.74) is 1.78. The summed E-state index contributed by atoms with van der Waals surface area (Å²) in [5.74, 6) is -1.08. The molecule has 0 aliphatic rings. The highest BCUT2D eigenvalue weighted by Crippen LogP contribution is 2.14. The van der Waals surface area contributed by atoms with Gasteiger partial charge in [0.1, 0.15) is 11.6 Å². The first-order valence-corrected chi connectivity index (χ1v) is 6.59. The Morgan fingerprint density at radius 2 is 1.76 bits per heavy atom. The van der Waals surface area contributed by atoms with Crippen molar-refractivity contribution >= 4 is 11.6 Å². The van der Waals surface area contributed by atoms with Gasteiger partial charge in [0.05, 0.1) is 0 Å². The Morgan fingerprint density at radius 3 is 2.43 bits per heavy atom. The zero-order chi connectivity index (χ0) is 15.2. The quantitative estimate of drug-likeness (QED) is 0.889. The minimum atomic E-state index is -0.472. The van der Waals surface area contributed by atoms with Gasteiger partial charge in [0.15, 0.2) is 0 Å². The summed E-state index contributed by atoms with van der Waals surface area (Å²) in [6, 6.07) is 10.3. The fourth-order valence-corrected chi connectivity index (χ4v) is 1.97. The van der Waals surface area contributed by atoms with Gasteiger partial charge in [0, 0.05) is 24.8 Å². The number of benzene rings is 2. The number of hydrogen-bond donors (Lipinski definition) is 2. The summed E-state index contributed by atoms with van der Waals surface area (Å²) in [7, 11) is 1.49. The Labute approximate surface area is 122 Å². The maximum Gasteiger partial charge on any atom is 0.251 e. The third-order valence-electron chi connectivity index (χ3n) is 3.04. The van der Waals surface area contributed by atoms with E-state index in [0.29, 0.717) is 18.7 Å². The number of hydrogen-bond acceptors (Lipinski definition) is 2. The molecule has 0 bridgehead atoms. The zero-order valence-electron chi connectivity index (χ0n) is 11.6. The summed E-state index contributed by atoms with van der Waals surface area (Å²) in [5, 5.41) is 5.51. The van der Waals surface area contributed by atoms with E-state index in [9.17, 15) is 13.6 Å². The van der Waals surface area contributed by atoms with Crippen LogP contribution in [0, 0.1) is 11.6 Å². The van der Waals surface area contributed by atoms with Gasteiger partial charge in [-0.3, -0.25) is 4.79 Å². The Kier molecular flexibility index (Phi) is 4.87.